The van der Waals surface area contributed by atoms with E-state index in [2.05, 4.69) is 14.8 Å². The van der Waals surface area contributed by atoms with Gasteiger partial charge in [-0.3, -0.25) is 4.40 Å². The van der Waals surface area contributed by atoms with Gasteiger partial charge in [0, 0.05) is 10.9 Å². The van der Waals surface area contributed by atoms with Crippen molar-refractivity contribution in [2.45, 2.75) is 5.88 Å². The van der Waals surface area contributed by atoms with Crippen LogP contribution >= 0.6 is 22.9 Å². The zero-order valence-corrected chi connectivity index (χ0v) is 11.4. The summed E-state index contributed by atoms with van der Waals surface area (Å²) in [5.41, 5.74) is 3.14. The molecule has 3 aromatic rings. The smallest absolute Gasteiger partial charge is 0.231 e. The number of ether oxygens (including phenoxy) is 2. The summed E-state index contributed by atoms with van der Waals surface area (Å²) in [6, 6.07) is 5.94. The lowest BCUT2D eigenvalue weighted by Crippen LogP contribution is -1.93. The fourth-order valence-electron chi connectivity index (χ4n) is 2.22. The normalized spacial score (nSPS) is 13.3. The van der Waals surface area contributed by atoms with Gasteiger partial charge >= 0.3 is 0 Å². The molecule has 1 aromatic carbocycles. The van der Waals surface area contributed by atoms with E-state index in [1.165, 1.54) is 0 Å². The summed E-state index contributed by atoms with van der Waals surface area (Å²) in [6.07, 6.45) is 1.81. The number of halogens is 1. The number of hydrogen-bond donors (Lipinski definition) is 0. The van der Waals surface area contributed by atoms with Crippen LogP contribution in [0, 0.1) is 0 Å². The molecule has 0 radical (unpaired) electrons. The van der Waals surface area contributed by atoms with E-state index < -0.39 is 0 Å². The van der Waals surface area contributed by atoms with Crippen LogP contribution in [0.3, 0.4) is 0 Å². The van der Waals surface area contributed by atoms with Crippen molar-refractivity contribution >= 4 is 27.9 Å². The second kappa shape index (κ2) is 4.15. The van der Waals surface area contributed by atoms with Gasteiger partial charge in [0.25, 0.3) is 0 Å². The van der Waals surface area contributed by atoms with Crippen molar-refractivity contribution in [2.75, 3.05) is 6.79 Å². The lowest BCUT2D eigenvalue weighted by molar-refractivity contribution is 0.174. The minimum Gasteiger partial charge on any atom is -0.454 e. The summed E-state index contributed by atoms with van der Waals surface area (Å²) in [5.74, 6) is 2.01. The molecule has 0 saturated heterocycles. The molecule has 0 unspecified atom stereocenters. The average Bonchev–Trinajstić information content (AvgIpc) is 3.13. The number of thiazole rings is 1. The second-order valence-electron chi connectivity index (χ2n) is 4.19. The highest BCUT2D eigenvalue weighted by atomic mass is 35.5. The molecule has 96 valence electrons. The minimum atomic E-state index is 0.288. The lowest BCUT2D eigenvalue weighted by atomic mass is 10.1. The molecule has 6 heteroatoms. The Balaban J connectivity index is 1.92. The molecule has 4 rings (SSSR count). The number of alkyl halides is 1. The summed E-state index contributed by atoms with van der Waals surface area (Å²) < 4.78 is 12.8. The molecule has 3 heterocycles. The fraction of sp³-hybridized carbons (Fsp3) is 0.154. The van der Waals surface area contributed by atoms with Gasteiger partial charge in [-0.2, -0.15) is 0 Å². The first-order valence-corrected chi connectivity index (χ1v) is 7.18. The zero-order valence-electron chi connectivity index (χ0n) is 9.80. The lowest BCUT2D eigenvalue weighted by Gasteiger charge is -2.04. The van der Waals surface area contributed by atoms with Crippen molar-refractivity contribution in [3.05, 3.63) is 35.5 Å². The van der Waals surface area contributed by atoms with Gasteiger partial charge in [0.2, 0.25) is 6.79 Å². The van der Waals surface area contributed by atoms with Crippen molar-refractivity contribution < 1.29 is 9.47 Å². The third-order valence-electron chi connectivity index (χ3n) is 3.12. The molecule has 0 spiro atoms. The summed E-state index contributed by atoms with van der Waals surface area (Å²) in [6.45, 7) is 0.288. The van der Waals surface area contributed by atoms with E-state index >= 15 is 0 Å². The number of hydrogen-bond acceptors (Lipinski definition) is 4. The standard InChI is InChI=1S/C13H9ClN2O2S/c14-4-9-5-15-13-16(9)10(6-19-13)8-1-2-11-12(3-8)18-7-17-11/h1-3,5-6H,4,7H2. The minimum absolute atomic E-state index is 0.288. The Hall–Kier alpha value is -1.72. The SMILES string of the molecule is ClCc1cnc2scc(-c3ccc4c(c3)OCO4)n12. The van der Waals surface area contributed by atoms with Crippen LogP contribution in [-0.2, 0) is 5.88 Å². The van der Waals surface area contributed by atoms with Crippen LogP contribution in [0.1, 0.15) is 5.69 Å². The topological polar surface area (TPSA) is 35.8 Å². The third kappa shape index (κ3) is 1.62. The number of benzene rings is 1. The zero-order chi connectivity index (χ0) is 12.8. The molecule has 2 aromatic heterocycles. The fourth-order valence-corrected chi connectivity index (χ4v) is 3.30. The van der Waals surface area contributed by atoms with Crippen molar-refractivity contribution in [3.8, 4) is 22.8 Å². The van der Waals surface area contributed by atoms with Gasteiger partial charge in [-0.25, -0.2) is 4.98 Å². The molecule has 0 aliphatic carbocycles. The molecule has 0 fully saturated rings. The molecule has 0 N–H and O–H groups in total. The van der Waals surface area contributed by atoms with Crippen molar-refractivity contribution in [3.63, 3.8) is 0 Å². The van der Waals surface area contributed by atoms with E-state index in [-0.39, 0.29) is 6.79 Å². The van der Waals surface area contributed by atoms with Crippen molar-refractivity contribution in [1.82, 2.24) is 9.38 Å². The van der Waals surface area contributed by atoms with Gasteiger partial charge in [0.15, 0.2) is 16.5 Å². The van der Waals surface area contributed by atoms with Gasteiger partial charge in [-0.05, 0) is 18.2 Å². The maximum atomic E-state index is 5.96. The summed E-state index contributed by atoms with van der Waals surface area (Å²) in [7, 11) is 0. The van der Waals surface area contributed by atoms with E-state index in [0.717, 1.165) is 33.4 Å². The highest BCUT2D eigenvalue weighted by molar-refractivity contribution is 7.15. The number of nitrogens with zero attached hydrogens (tertiary/aromatic N) is 2. The largest absolute Gasteiger partial charge is 0.454 e. The molecule has 0 bridgehead atoms. The Kier molecular flexibility index (Phi) is 2.43. The van der Waals surface area contributed by atoms with Crippen LogP contribution in [0.2, 0.25) is 0 Å². The van der Waals surface area contributed by atoms with Gasteiger partial charge in [-0.15, -0.1) is 22.9 Å². The van der Waals surface area contributed by atoms with Gasteiger partial charge in [0.1, 0.15) is 0 Å². The third-order valence-corrected chi connectivity index (χ3v) is 4.24. The summed E-state index contributed by atoms with van der Waals surface area (Å²) >= 11 is 7.56. The first-order chi connectivity index (χ1) is 9.36. The quantitative estimate of drug-likeness (QED) is 0.678. The Morgan fingerprint density at radius 1 is 1.32 bits per heavy atom. The van der Waals surface area contributed by atoms with Crippen LogP contribution in [-0.4, -0.2) is 16.2 Å². The number of fused-ring (bicyclic) bond motifs is 2. The van der Waals surface area contributed by atoms with E-state index in [1.54, 1.807) is 11.3 Å². The van der Waals surface area contributed by atoms with Crippen LogP contribution in [0.5, 0.6) is 11.5 Å². The van der Waals surface area contributed by atoms with Gasteiger partial charge in [-0.1, -0.05) is 0 Å². The van der Waals surface area contributed by atoms with E-state index in [0.29, 0.717) is 5.88 Å². The molecular formula is C13H9ClN2O2S. The Morgan fingerprint density at radius 2 is 2.21 bits per heavy atom. The number of imidazole rings is 1. The molecular weight excluding hydrogens is 284 g/mol. The molecule has 0 amide bonds. The second-order valence-corrected chi connectivity index (χ2v) is 5.29. The first kappa shape index (κ1) is 11.1. The molecule has 4 nitrogen and oxygen atoms in total. The summed E-state index contributed by atoms with van der Waals surface area (Å²) in [4.78, 5) is 5.30. The molecule has 1 aliphatic heterocycles. The Bertz CT molecular complexity index is 765. The summed E-state index contributed by atoms with van der Waals surface area (Å²) in [5, 5.41) is 2.08. The van der Waals surface area contributed by atoms with Gasteiger partial charge in [0.05, 0.1) is 23.5 Å². The Morgan fingerprint density at radius 3 is 3.11 bits per heavy atom. The van der Waals surface area contributed by atoms with Crippen LogP contribution < -0.4 is 9.47 Å². The van der Waals surface area contributed by atoms with E-state index in [9.17, 15) is 0 Å². The molecule has 0 saturated carbocycles. The highest BCUT2D eigenvalue weighted by Crippen LogP contribution is 2.37. The predicted molar refractivity (Wildman–Crippen MR) is 74.2 cm³/mol. The monoisotopic (exact) mass is 292 g/mol. The Labute approximate surface area is 118 Å². The molecule has 19 heavy (non-hydrogen) atoms. The first-order valence-electron chi connectivity index (χ1n) is 5.76. The molecule has 0 atom stereocenters. The maximum Gasteiger partial charge on any atom is 0.231 e. The number of rotatable bonds is 2. The van der Waals surface area contributed by atoms with Crippen molar-refractivity contribution in [2.24, 2.45) is 0 Å². The van der Waals surface area contributed by atoms with Crippen LogP contribution in [0.15, 0.2) is 29.8 Å². The maximum absolute atomic E-state index is 5.96. The van der Waals surface area contributed by atoms with E-state index in [1.807, 2.05) is 24.4 Å². The molecule has 1 aliphatic rings. The number of aromatic nitrogens is 2. The van der Waals surface area contributed by atoms with Crippen molar-refractivity contribution in [1.29, 1.82) is 0 Å². The van der Waals surface area contributed by atoms with Crippen LogP contribution in [0.25, 0.3) is 16.2 Å². The average molecular weight is 293 g/mol. The van der Waals surface area contributed by atoms with E-state index in [4.69, 9.17) is 21.1 Å². The van der Waals surface area contributed by atoms with Crippen LogP contribution in [0.4, 0.5) is 0 Å². The highest BCUT2D eigenvalue weighted by Gasteiger charge is 2.16. The predicted octanol–water partition coefficient (Wildman–Crippen LogP) is 3.53. The van der Waals surface area contributed by atoms with Gasteiger partial charge < -0.3 is 9.47 Å².